The molecule has 1 aromatic carbocycles. The van der Waals surface area contributed by atoms with Gasteiger partial charge < -0.3 is 20.3 Å². The minimum atomic E-state index is -0.841. The lowest BCUT2D eigenvalue weighted by Crippen LogP contribution is -2.57. The molecule has 0 aromatic heterocycles. The minimum absolute atomic E-state index is 0.137. The SMILES string of the molecule is CCC(C)N(C(=O)C(CC(C)C)NC(=O)OC(C)(C)C)C(C(=O)NC(C)(C)C)c1cccc(C)c1. The number of aryl methyl sites for hydroxylation is 1. The monoisotopic (exact) mass is 489 g/mol. The zero-order chi connectivity index (χ0) is 27.1. The van der Waals surface area contributed by atoms with Gasteiger partial charge in [0.2, 0.25) is 11.8 Å². The fourth-order valence-corrected chi connectivity index (χ4v) is 3.83. The van der Waals surface area contributed by atoms with E-state index >= 15 is 0 Å². The molecule has 0 aliphatic rings. The highest BCUT2D eigenvalue weighted by Crippen LogP contribution is 2.28. The second kappa shape index (κ2) is 12.4. The first-order valence-corrected chi connectivity index (χ1v) is 12.7. The van der Waals surface area contributed by atoms with E-state index in [1.807, 2.05) is 79.7 Å². The molecule has 0 aliphatic carbocycles. The zero-order valence-electron chi connectivity index (χ0n) is 23.6. The molecule has 7 heteroatoms. The first-order valence-electron chi connectivity index (χ1n) is 12.7. The summed E-state index contributed by atoms with van der Waals surface area (Å²) in [5.74, 6) is -0.412. The maximum Gasteiger partial charge on any atom is 0.408 e. The summed E-state index contributed by atoms with van der Waals surface area (Å²) in [7, 11) is 0. The highest BCUT2D eigenvalue weighted by molar-refractivity contribution is 5.92. The summed E-state index contributed by atoms with van der Waals surface area (Å²) in [6, 6.07) is 5.76. The number of rotatable bonds is 9. The minimum Gasteiger partial charge on any atom is -0.444 e. The molecule has 0 heterocycles. The molecule has 2 N–H and O–H groups in total. The average Bonchev–Trinajstić information content (AvgIpc) is 2.67. The van der Waals surface area contributed by atoms with E-state index in [2.05, 4.69) is 10.6 Å². The summed E-state index contributed by atoms with van der Waals surface area (Å²) >= 11 is 0. The van der Waals surface area contributed by atoms with E-state index in [0.29, 0.717) is 12.8 Å². The maximum atomic E-state index is 14.1. The molecule has 0 spiro atoms. The Bertz CT molecular complexity index is 868. The molecule has 0 radical (unpaired) electrons. The van der Waals surface area contributed by atoms with Crippen LogP contribution in [0.3, 0.4) is 0 Å². The highest BCUT2D eigenvalue weighted by Gasteiger charge is 2.39. The third-order valence-electron chi connectivity index (χ3n) is 5.40. The topological polar surface area (TPSA) is 87.7 Å². The standard InChI is InChI=1S/C28H47N3O4/c1-12-20(5)31(25(33)22(16-18(2)3)29-26(34)35-28(9,10)11)23(24(32)30-27(6,7)8)21-15-13-14-19(4)17-21/h13-15,17-18,20,22-23H,12,16H2,1-11H3,(H,29,34)(H,30,32). The van der Waals surface area contributed by atoms with Gasteiger partial charge >= 0.3 is 6.09 Å². The van der Waals surface area contributed by atoms with Crippen molar-refractivity contribution in [2.24, 2.45) is 5.92 Å². The van der Waals surface area contributed by atoms with Gasteiger partial charge in [-0.25, -0.2) is 4.79 Å². The van der Waals surface area contributed by atoms with Crippen molar-refractivity contribution in [1.82, 2.24) is 15.5 Å². The zero-order valence-corrected chi connectivity index (χ0v) is 23.6. The van der Waals surface area contributed by atoms with Crippen molar-refractivity contribution in [3.8, 4) is 0 Å². The number of nitrogens with zero attached hydrogens (tertiary/aromatic N) is 1. The third kappa shape index (κ3) is 10.3. The number of alkyl carbamates (subject to hydrolysis) is 1. The third-order valence-corrected chi connectivity index (χ3v) is 5.40. The highest BCUT2D eigenvalue weighted by atomic mass is 16.6. The van der Waals surface area contributed by atoms with Crippen LogP contribution in [0.5, 0.6) is 0 Å². The molecule has 3 atom stereocenters. The Balaban J connectivity index is 3.56. The van der Waals surface area contributed by atoms with Gasteiger partial charge in [-0.1, -0.05) is 50.6 Å². The summed E-state index contributed by atoms with van der Waals surface area (Å²) in [4.78, 5) is 42.1. The Kier molecular flexibility index (Phi) is 10.8. The van der Waals surface area contributed by atoms with Gasteiger partial charge in [-0.3, -0.25) is 9.59 Å². The number of carbonyl (C=O) groups is 3. The van der Waals surface area contributed by atoms with Gasteiger partial charge in [0.05, 0.1) is 0 Å². The molecule has 35 heavy (non-hydrogen) atoms. The predicted octanol–water partition coefficient (Wildman–Crippen LogP) is 5.52. The van der Waals surface area contributed by atoms with E-state index in [0.717, 1.165) is 11.1 Å². The van der Waals surface area contributed by atoms with Crippen LogP contribution in [0.4, 0.5) is 4.79 Å². The smallest absolute Gasteiger partial charge is 0.408 e. The fourth-order valence-electron chi connectivity index (χ4n) is 3.83. The van der Waals surface area contributed by atoms with E-state index < -0.39 is 29.3 Å². The van der Waals surface area contributed by atoms with Crippen LogP contribution in [-0.2, 0) is 14.3 Å². The first-order chi connectivity index (χ1) is 15.9. The summed E-state index contributed by atoms with van der Waals surface area (Å²) in [6.07, 6.45) is 0.427. The number of hydrogen-bond donors (Lipinski definition) is 2. The van der Waals surface area contributed by atoms with Crippen molar-refractivity contribution in [2.75, 3.05) is 0 Å². The maximum absolute atomic E-state index is 14.1. The summed E-state index contributed by atoms with van der Waals surface area (Å²) in [5, 5.41) is 5.84. The molecule has 0 bridgehead atoms. The molecule has 1 rings (SSSR count). The molecule has 0 saturated carbocycles. The van der Waals surface area contributed by atoms with Crippen LogP contribution in [0, 0.1) is 12.8 Å². The number of benzene rings is 1. The lowest BCUT2D eigenvalue weighted by atomic mass is 9.95. The van der Waals surface area contributed by atoms with E-state index in [1.165, 1.54) is 0 Å². The largest absolute Gasteiger partial charge is 0.444 e. The quantitative estimate of drug-likeness (QED) is 0.478. The van der Waals surface area contributed by atoms with Gasteiger partial charge in [0.25, 0.3) is 0 Å². The normalized spacial score (nSPS) is 14.6. The second-order valence-electron chi connectivity index (χ2n) is 11.9. The second-order valence-corrected chi connectivity index (χ2v) is 11.9. The van der Waals surface area contributed by atoms with Gasteiger partial charge in [-0.15, -0.1) is 0 Å². The number of carbonyl (C=O) groups excluding carboxylic acids is 3. The van der Waals surface area contributed by atoms with Crippen LogP contribution in [0.2, 0.25) is 0 Å². The Morgan fingerprint density at radius 2 is 1.63 bits per heavy atom. The Labute approximate surface area is 212 Å². The van der Waals surface area contributed by atoms with Crippen molar-refractivity contribution < 1.29 is 19.1 Å². The van der Waals surface area contributed by atoms with Crippen molar-refractivity contribution >= 4 is 17.9 Å². The van der Waals surface area contributed by atoms with E-state index in [9.17, 15) is 14.4 Å². The number of ether oxygens (including phenoxy) is 1. The van der Waals surface area contributed by atoms with Gasteiger partial charge in [-0.2, -0.15) is 0 Å². The predicted molar refractivity (Wildman–Crippen MR) is 141 cm³/mol. The van der Waals surface area contributed by atoms with Crippen molar-refractivity contribution in [2.45, 2.75) is 118 Å². The lowest BCUT2D eigenvalue weighted by molar-refractivity contribution is -0.146. The van der Waals surface area contributed by atoms with Crippen LogP contribution >= 0.6 is 0 Å². The van der Waals surface area contributed by atoms with E-state index in [4.69, 9.17) is 4.74 Å². The van der Waals surface area contributed by atoms with Gasteiger partial charge in [0.1, 0.15) is 17.7 Å². The van der Waals surface area contributed by atoms with Crippen LogP contribution < -0.4 is 10.6 Å². The van der Waals surface area contributed by atoms with E-state index in [-0.39, 0.29) is 23.8 Å². The molecule has 0 aliphatic heterocycles. The Hall–Kier alpha value is -2.57. The Morgan fingerprint density at radius 1 is 1.03 bits per heavy atom. The van der Waals surface area contributed by atoms with Gasteiger partial charge in [-0.05, 0) is 79.7 Å². The molecule has 1 aromatic rings. The first kappa shape index (κ1) is 30.5. The molecular formula is C28H47N3O4. The molecule has 0 saturated heterocycles. The van der Waals surface area contributed by atoms with Crippen molar-refractivity contribution in [3.05, 3.63) is 35.4 Å². The average molecular weight is 490 g/mol. The summed E-state index contributed by atoms with van der Waals surface area (Å²) in [5.41, 5.74) is 0.567. The fraction of sp³-hybridized carbons (Fsp3) is 0.679. The van der Waals surface area contributed by atoms with Gasteiger partial charge in [0.15, 0.2) is 0 Å². The molecular weight excluding hydrogens is 442 g/mol. The number of nitrogens with one attached hydrogen (secondary N) is 2. The van der Waals surface area contributed by atoms with Crippen LogP contribution in [0.25, 0.3) is 0 Å². The molecule has 3 amide bonds. The van der Waals surface area contributed by atoms with Crippen molar-refractivity contribution in [3.63, 3.8) is 0 Å². The molecule has 0 fully saturated rings. The molecule has 3 unspecified atom stereocenters. The van der Waals surface area contributed by atoms with Gasteiger partial charge in [0, 0.05) is 11.6 Å². The molecule has 198 valence electrons. The van der Waals surface area contributed by atoms with E-state index in [1.54, 1.807) is 25.7 Å². The molecule has 7 nitrogen and oxygen atoms in total. The summed E-state index contributed by atoms with van der Waals surface area (Å²) in [6.45, 7) is 21.0. The van der Waals surface area contributed by atoms with Crippen molar-refractivity contribution in [1.29, 1.82) is 0 Å². The lowest BCUT2D eigenvalue weighted by Gasteiger charge is -2.39. The van der Waals surface area contributed by atoms with Crippen LogP contribution in [0.1, 0.15) is 99.2 Å². The summed E-state index contributed by atoms with van der Waals surface area (Å²) < 4.78 is 5.44. The van der Waals surface area contributed by atoms with Crippen LogP contribution in [0.15, 0.2) is 24.3 Å². The Morgan fingerprint density at radius 3 is 2.09 bits per heavy atom. The van der Waals surface area contributed by atoms with Crippen LogP contribution in [-0.4, -0.2) is 46.0 Å². The number of amides is 3. The number of hydrogen-bond acceptors (Lipinski definition) is 4.